The molecule has 76 valence electrons. The highest BCUT2D eigenvalue weighted by Gasteiger charge is 2.07. The monoisotopic (exact) mass is 208 g/mol. The summed E-state index contributed by atoms with van der Waals surface area (Å²) < 4.78 is 25.9. The summed E-state index contributed by atoms with van der Waals surface area (Å²) in [5.74, 6) is -1.37. The molecule has 0 aliphatic rings. The van der Waals surface area contributed by atoms with Crippen LogP contribution < -0.4 is 5.56 Å². The van der Waals surface area contributed by atoms with E-state index < -0.39 is 11.6 Å². The number of halogens is 2. The lowest BCUT2D eigenvalue weighted by Gasteiger charge is -2.00. The van der Waals surface area contributed by atoms with Gasteiger partial charge in [0, 0.05) is 17.7 Å². The van der Waals surface area contributed by atoms with Crippen LogP contribution in [0.5, 0.6) is 0 Å². The molecule has 0 spiro atoms. The maximum atomic E-state index is 13.3. The van der Waals surface area contributed by atoms with Gasteiger partial charge in [-0.3, -0.25) is 4.79 Å². The summed E-state index contributed by atoms with van der Waals surface area (Å²) in [5.41, 5.74) is 0.0287. The summed E-state index contributed by atoms with van der Waals surface area (Å²) >= 11 is 0. The molecule has 1 heterocycles. The molecule has 0 amide bonds. The van der Waals surface area contributed by atoms with Crippen molar-refractivity contribution in [2.45, 2.75) is 0 Å². The second kappa shape index (κ2) is 3.61. The van der Waals surface area contributed by atoms with Gasteiger partial charge in [-0.05, 0) is 18.2 Å². The van der Waals surface area contributed by atoms with Crippen LogP contribution in [0, 0.1) is 11.6 Å². The van der Waals surface area contributed by atoms with Crippen LogP contribution in [0.25, 0.3) is 11.3 Å². The molecule has 0 saturated heterocycles. The van der Waals surface area contributed by atoms with Crippen LogP contribution >= 0.6 is 0 Å². The quantitative estimate of drug-likeness (QED) is 0.775. The first-order chi connectivity index (χ1) is 7.16. The molecule has 0 aliphatic heterocycles. The first-order valence-corrected chi connectivity index (χ1v) is 4.18. The number of hydrogen-bond acceptors (Lipinski definition) is 2. The van der Waals surface area contributed by atoms with Crippen LogP contribution in [0.1, 0.15) is 0 Å². The minimum Gasteiger partial charge on any atom is -0.268 e. The topological polar surface area (TPSA) is 45.8 Å². The van der Waals surface area contributed by atoms with Crippen LogP contribution in [0.2, 0.25) is 0 Å². The molecule has 2 aromatic rings. The lowest BCUT2D eigenvalue weighted by Crippen LogP contribution is -2.06. The van der Waals surface area contributed by atoms with E-state index in [1.54, 1.807) is 0 Å². The number of rotatable bonds is 1. The SMILES string of the molecule is O=c1ccc(-c2ccc(F)cc2F)n[nH]1. The van der Waals surface area contributed by atoms with Gasteiger partial charge in [0.2, 0.25) is 0 Å². The van der Waals surface area contributed by atoms with Crippen LogP contribution in [0.4, 0.5) is 8.78 Å². The van der Waals surface area contributed by atoms with E-state index in [-0.39, 0.29) is 16.8 Å². The largest absolute Gasteiger partial charge is 0.268 e. The Bertz CT molecular complexity index is 531. The molecule has 0 bridgehead atoms. The Hall–Kier alpha value is -2.04. The van der Waals surface area contributed by atoms with E-state index in [4.69, 9.17) is 0 Å². The van der Waals surface area contributed by atoms with Gasteiger partial charge in [0.25, 0.3) is 5.56 Å². The van der Waals surface area contributed by atoms with Crippen LogP contribution in [-0.2, 0) is 0 Å². The average Bonchev–Trinajstić information content (AvgIpc) is 2.20. The van der Waals surface area contributed by atoms with E-state index in [0.29, 0.717) is 0 Å². The van der Waals surface area contributed by atoms with Gasteiger partial charge in [-0.25, -0.2) is 13.9 Å². The number of benzene rings is 1. The Morgan fingerprint density at radius 1 is 1.13 bits per heavy atom. The zero-order valence-corrected chi connectivity index (χ0v) is 7.50. The number of hydrogen-bond donors (Lipinski definition) is 1. The van der Waals surface area contributed by atoms with Crippen molar-refractivity contribution < 1.29 is 8.78 Å². The minimum atomic E-state index is -0.713. The summed E-state index contributed by atoms with van der Waals surface area (Å²) in [6.45, 7) is 0. The molecule has 2 rings (SSSR count). The highest BCUT2D eigenvalue weighted by atomic mass is 19.1. The third kappa shape index (κ3) is 1.90. The van der Waals surface area contributed by atoms with Crippen molar-refractivity contribution in [3.05, 3.63) is 52.3 Å². The van der Waals surface area contributed by atoms with Gasteiger partial charge in [-0.15, -0.1) is 0 Å². The molecule has 1 aromatic heterocycles. The predicted molar refractivity (Wildman–Crippen MR) is 50.2 cm³/mol. The highest BCUT2D eigenvalue weighted by Crippen LogP contribution is 2.19. The molecule has 5 heteroatoms. The second-order valence-corrected chi connectivity index (χ2v) is 2.93. The fourth-order valence-corrected chi connectivity index (χ4v) is 1.19. The van der Waals surface area contributed by atoms with E-state index in [0.717, 1.165) is 12.1 Å². The van der Waals surface area contributed by atoms with Crippen molar-refractivity contribution in [3.8, 4) is 11.3 Å². The van der Waals surface area contributed by atoms with Crippen molar-refractivity contribution in [3.63, 3.8) is 0 Å². The Labute approximate surface area is 83.4 Å². The van der Waals surface area contributed by atoms with E-state index in [9.17, 15) is 13.6 Å². The van der Waals surface area contributed by atoms with Crippen molar-refractivity contribution >= 4 is 0 Å². The van der Waals surface area contributed by atoms with Gasteiger partial charge in [-0.1, -0.05) is 0 Å². The Balaban J connectivity index is 2.54. The van der Waals surface area contributed by atoms with Crippen molar-refractivity contribution in [1.29, 1.82) is 0 Å². The Morgan fingerprint density at radius 3 is 2.53 bits per heavy atom. The predicted octanol–water partition coefficient (Wildman–Crippen LogP) is 1.72. The Morgan fingerprint density at radius 2 is 1.93 bits per heavy atom. The number of nitrogens with zero attached hydrogens (tertiary/aromatic N) is 1. The van der Waals surface area contributed by atoms with Crippen molar-refractivity contribution in [1.82, 2.24) is 10.2 Å². The Kier molecular flexibility index (Phi) is 2.29. The maximum Gasteiger partial charge on any atom is 0.264 e. The fraction of sp³-hybridized carbons (Fsp3) is 0. The lowest BCUT2D eigenvalue weighted by atomic mass is 10.1. The number of aromatic nitrogens is 2. The molecule has 0 saturated carbocycles. The third-order valence-electron chi connectivity index (χ3n) is 1.89. The van der Waals surface area contributed by atoms with E-state index >= 15 is 0 Å². The molecule has 15 heavy (non-hydrogen) atoms. The van der Waals surface area contributed by atoms with Crippen LogP contribution in [-0.4, -0.2) is 10.2 Å². The zero-order valence-electron chi connectivity index (χ0n) is 7.50. The average molecular weight is 208 g/mol. The molecule has 3 nitrogen and oxygen atoms in total. The molecule has 1 N–H and O–H groups in total. The molecule has 0 atom stereocenters. The van der Waals surface area contributed by atoms with Gasteiger partial charge in [0.1, 0.15) is 11.6 Å². The third-order valence-corrected chi connectivity index (χ3v) is 1.89. The molecule has 1 aromatic carbocycles. The van der Waals surface area contributed by atoms with E-state index in [1.165, 1.54) is 18.2 Å². The van der Waals surface area contributed by atoms with E-state index in [2.05, 4.69) is 10.2 Å². The highest BCUT2D eigenvalue weighted by molar-refractivity contribution is 5.58. The lowest BCUT2D eigenvalue weighted by molar-refractivity contribution is 0.585. The standard InChI is InChI=1S/C10H6F2N2O/c11-6-1-2-7(8(12)5-6)9-3-4-10(15)14-13-9/h1-5H,(H,14,15). The maximum absolute atomic E-state index is 13.3. The first kappa shape index (κ1) is 9.51. The zero-order chi connectivity index (χ0) is 10.8. The molecular weight excluding hydrogens is 202 g/mol. The molecule has 0 unspecified atom stereocenters. The van der Waals surface area contributed by atoms with Crippen molar-refractivity contribution in [2.75, 3.05) is 0 Å². The summed E-state index contributed by atoms with van der Waals surface area (Å²) in [6, 6.07) is 5.76. The van der Waals surface area contributed by atoms with Gasteiger partial charge in [0.05, 0.1) is 5.69 Å². The fourth-order valence-electron chi connectivity index (χ4n) is 1.19. The van der Waals surface area contributed by atoms with Crippen molar-refractivity contribution in [2.24, 2.45) is 0 Å². The number of H-pyrrole nitrogens is 1. The van der Waals surface area contributed by atoms with Gasteiger partial charge >= 0.3 is 0 Å². The second-order valence-electron chi connectivity index (χ2n) is 2.93. The molecule has 0 fully saturated rings. The summed E-state index contributed by atoms with van der Waals surface area (Å²) in [5, 5.41) is 5.81. The van der Waals surface area contributed by atoms with Crippen LogP contribution in [0.3, 0.4) is 0 Å². The number of nitrogens with one attached hydrogen (secondary N) is 1. The minimum absolute atomic E-state index is 0.146. The van der Waals surface area contributed by atoms with Gasteiger partial charge in [0.15, 0.2) is 0 Å². The molecular formula is C10H6F2N2O. The van der Waals surface area contributed by atoms with Crippen LogP contribution in [0.15, 0.2) is 35.1 Å². The number of aromatic amines is 1. The summed E-state index contributed by atoms with van der Waals surface area (Å²) in [4.78, 5) is 10.7. The normalized spacial score (nSPS) is 10.3. The van der Waals surface area contributed by atoms with Gasteiger partial charge < -0.3 is 0 Å². The first-order valence-electron chi connectivity index (χ1n) is 4.18. The van der Waals surface area contributed by atoms with E-state index in [1.807, 2.05) is 0 Å². The summed E-state index contributed by atoms with van der Waals surface area (Å²) in [6.07, 6.45) is 0. The smallest absolute Gasteiger partial charge is 0.264 e. The molecule has 0 radical (unpaired) electrons. The summed E-state index contributed by atoms with van der Waals surface area (Å²) in [7, 11) is 0. The molecule has 0 aliphatic carbocycles. The van der Waals surface area contributed by atoms with Gasteiger partial charge in [-0.2, -0.15) is 5.10 Å².